The van der Waals surface area contributed by atoms with Gasteiger partial charge in [0.1, 0.15) is 0 Å². The molecule has 0 aliphatic heterocycles. The third-order valence-electron chi connectivity index (χ3n) is 5.10. The van der Waals surface area contributed by atoms with Crippen LogP contribution in [0.15, 0.2) is 0 Å². The van der Waals surface area contributed by atoms with Gasteiger partial charge < -0.3 is 5.11 Å². The summed E-state index contributed by atoms with van der Waals surface area (Å²) in [7, 11) is 0. The van der Waals surface area contributed by atoms with Crippen molar-refractivity contribution in [3.05, 3.63) is 0 Å². The normalized spacial score (nSPS) is 48.6. The molecule has 3 fully saturated rings. The molecule has 0 saturated heterocycles. The Bertz CT molecular complexity index is 205. The Morgan fingerprint density at radius 2 is 1.21 bits per heavy atom. The zero-order valence-corrected chi connectivity index (χ0v) is 9.04. The van der Waals surface area contributed by atoms with E-state index in [1.807, 2.05) is 0 Å². The van der Waals surface area contributed by atoms with E-state index in [0.717, 1.165) is 0 Å². The summed E-state index contributed by atoms with van der Waals surface area (Å²) in [6, 6.07) is 0. The molecule has 0 aromatic carbocycles. The fourth-order valence-electron chi connectivity index (χ4n) is 4.31. The van der Waals surface area contributed by atoms with Crippen LogP contribution in [0.3, 0.4) is 0 Å². The Balaban J connectivity index is 1.71. The molecule has 80 valence electrons. The average molecular weight is 194 g/mol. The van der Waals surface area contributed by atoms with Crippen molar-refractivity contribution in [2.45, 2.75) is 63.4 Å². The first-order valence-corrected chi connectivity index (χ1v) is 6.56. The van der Waals surface area contributed by atoms with Crippen LogP contribution in [-0.4, -0.2) is 10.7 Å². The zero-order valence-electron chi connectivity index (χ0n) is 9.04. The van der Waals surface area contributed by atoms with E-state index in [-0.39, 0.29) is 5.60 Å². The van der Waals surface area contributed by atoms with Crippen molar-refractivity contribution in [1.29, 1.82) is 0 Å². The van der Waals surface area contributed by atoms with E-state index in [2.05, 4.69) is 0 Å². The molecule has 0 amide bonds. The quantitative estimate of drug-likeness (QED) is 0.680. The standard InChI is InChI=1S/C13H22O/c14-13(10-6-2-1-3-7-10)11-8-4-5-9-12(11)13/h10-12,14H,1-9H2. The van der Waals surface area contributed by atoms with Gasteiger partial charge in [-0.3, -0.25) is 0 Å². The molecular formula is C13H22O. The van der Waals surface area contributed by atoms with Gasteiger partial charge in [-0.15, -0.1) is 0 Å². The van der Waals surface area contributed by atoms with Crippen molar-refractivity contribution >= 4 is 0 Å². The predicted octanol–water partition coefficient (Wildman–Crippen LogP) is 3.12. The summed E-state index contributed by atoms with van der Waals surface area (Å²) in [5.41, 5.74) is -0.184. The van der Waals surface area contributed by atoms with E-state index in [9.17, 15) is 5.11 Å². The first-order valence-electron chi connectivity index (χ1n) is 6.56. The van der Waals surface area contributed by atoms with Crippen LogP contribution >= 0.6 is 0 Å². The summed E-state index contributed by atoms with van der Waals surface area (Å²) in [5.74, 6) is 2.09. The first-order chi connectivity index (χ1) is 6.83. The summed E-state index contributed by atoms with van der Waals surface area (Å²) in [4.78, 5) is 0. The smallest absolute Gasteiger partial charge is 0.0739 e. The van der Waals surface area contributed by atoms with Crippen LogP contribution in [0.25, 0.3) is 0 Å². The van der Waals surface area contributed by atoms with Crippen molar-refractivity contribution in [3.63, 3.8) is 0 Å². The minimum Gasteiger partial charge on any atom is -0.389 e. The molecule has 0 bridgehead atoms. The third kappa shape index (κ3) is 1.18. The first kappa shape index (κ1) is 9.21. The minimum atomic E-state index is -0.184. The van der Waals surface area contributed by atoms with Gasteiger partial charge in [0.2, 0.25) is 0 Å². The molecule has 3 aliphatic carbocycles. The lowest BCUT2D eigenvalue weighted by atomic mass is 9.82. The molecular weight excluding hydrogens is 172 g/mol. The molecule has 14 heavy (non-hydrogen) atoms. The van der Waals surface area contributed by atoms with Crippen LogP contribution < -0.4 is 0 Å². The Morgan fingerprint density at radius 1 is 0.714 bits per heavy atom. The summed E-state index contributed by atoms with van der Waals surface area (Å²) in [6.45, 7) is 0. The molecule has 0 radical (unpaired) electrons. The SMILES string of the molecule is OC1(C2CCCCC2)C2CCCCC21. The summed E-state index contributed by atoms with van der Waals surface area (Å²) < 4.78 is 0. The van der Waals surface area contributed by atoms with Gasteiger partial charge in [-0.05, 0) is 43.4 Å². The Morgan fingerprint density at radius 3 is 1.79 bits per heavy atom. The highest BCUT2D eigenvalue weighted by Gasteiger charge is 2.66. The molecule has 2 unspecified atom stereocenters. The van der Waals surface area contributed by atoms with Crippen LogP contribution in [0.4, 0.5) is 0 Å². The van der Waals surface area contributed by atoms with Crippen LogP contribution in [0, 0.1) is 17.8 Å². The molecule has 3 rings (SSSR count). The highest BCUT2D eigenvalue weighted by atomic mass is 16.3. The monoisotopic (exact) mass is 194 g/mol. The predicted molar refractivity (Wildman–Crippen MR) is 57.0 cm³/mol. The van der Waals surface area contributed by atoms with Crippen molar-refractivity contribution in [1.82, 2.24) is 0 Å². The number of aliphatic hydroxyl groups is 1. The lowest BCUT2D eigenvalue weighted by Crippen LogP contribution is -2.28. The summed E-state index contributed by atoms with van der Waals surface area (Å²) in [6.07, 6.45) is 12.1. The van der Waals surface area contributed by atoms with Gasteiger partial charge in [0, 0.05) is 0 Å². The van der Waals surface area contributed by atoms with Crippen molar-refractivity contribution in [2.75, 3.05) is 0 Å². The fraction of sp³-hybridized carbons (Fsp3) is 1.00. The molecule has 1 nitrogen and oxygen atoms in total. The lowest BCUT2D eigenvalue weighted by molar-refractivity contribution is 0.0344. The summed E-state index contributed by atoms with van der Waals surface area (Å²) >= 11 is 0. The van der Waals surface area contributed by atoms with E-state index in [4.69, 9.17) is 0 Å². The number of hydrogen-bond donors (Lipinski definition) is 1. The van der Waals surface area contributed by atoms with Gasteiger partial charge in [-0.25, -0.2) is 0 Å². The zero-order chi connectivity index (χ0) is 9.60. The Hall–Kier alpha value is -0.0400. The molecule has 0 heterocycles. The third-order valence-corrected chi connectivity index (χ3v) is 5.10. The molecule has 3 aliphatic rings. The molecule has 0 aromatic rings. The van der Waals surface area contributed by atoms with E-state index in [0.29, 0.717) is 17.8 Å². The lowest BCUT2D eigenvalue weighted by Gasteiger charge is -2.28. The van der Waals surface area contributed by atoms with Crippen LogP contribution in [0.1, 0.15) is 57.8 Å². The van der Waals surface area contributed by atoms with Crippen molar-refractivity contribution in [3.8, 4) is 0 Å². The second-order valence-corrected chi connectivity index (χ2v) is 5.72. The molecule has 0 aromatic heterocycles. The average Bonchev–Trinajstić information content (AvgIpc) is 2.89. The molecule has 2 atom stereocenters. The Kier molecular flexibility index (Phi) is 2.12. The van der Waals surface area contributed by atoms with Crippen LogP contribution in [-0.2, 0) is 0 Å². The second kappa shape index (κ2) is 3.23. The van der Waals surface area contributed by atoms with Gasteiger partial charge in [-0.2, -0.15) is 0 Å². The van der Waals surface area contributed by atoms with E-state index in [1.54, 1.807) is 0 Å². The van der Waals surface area contributed by atoms with E-state index in [1.165, 1.54) is 57.8 Å². The molecule has 3 saturated carbocycles. The van der Waals surface area contributed by atoms with Gasteiger partial charge in [0.25, 0.3) is 0 Å². The summed E-state index contributed by atoms with van der Waals surface area (Å²) in [5, 5.41) is 10.7. The number of fused-ring (bicyclic) bond motifs is 1. The second-order valence-electron chi connectivity index (χ2n) is 5.72. The molecule has 0 spiro atoms. The van der Waals surface area contributed by atoms with Crippen molar-refractivity contribution in [2.24, 2.45) is 17.8 Å². The fourth-order valence-corrected chi connectivity index (χ4v) is 4.31. The van der Waals surface area contributed by atoms with Crippen LogP contribution in [0.5, 0.6) is 0 Å². The molecule has 1 heteroatoms. The largest absolute Gasteiger partial charge is 0.389 e. The highest BCUT2D eigenvalue weighted by Crippen LogP contribution is 2.64. The van der Waals surface area contributed by atoms with Crippen LogP contribution in [0.2, 0.25) is 0 Å². The van der Waals surface area contributed by atoms with Gasteiger partial charge in [-0.1, -0.05) is 32.1 Å². The van der Waals surface area contributed by atoms with Gasteiger partial charge in [0.15, 0.2) is 0 Å². The minimum absolute atomic E-state index is 0.184. The highest BCUT2D eigenvalue weighted by molar-refractivity contribution is 5.16. The Labute approximate surface area is 86.9 Å². The molecule has 1 N–H and O–H groups in total. The van der Waals surface area contributed by atoms with E-state index >= 15 is 0 Å². The maximum absolute atomic E-state index is 10.7. The topological polar surface area (TPSA) is 20.2 Å². The van der Waals surface area contributed by atoms with Crippen molar-refractivity contribution < 1.29 is 5.11 Å². The maximum Gasteiger partial charge on any atom is 0.0739 e. The maximum atomic E-state index is 10.7. The number of rotatable bonds is 1. The number of hydrogen-bond acceptors (Lipinski definition) is 1. The van der Waals surface area contributed by atoms with Gasteiger partial charge >= 0.3 is 0 Å². The van der Waals surface area contributed by atoms with Gasteiger partial charge in [0.05, 0.1) is 5.60 Å². The van der Waals surface area contributed by atoms with E-state index < -0.39 is 0 Å².